The van der Waals surface area contributed by atoms with E-state index in [9.17, 15) is 4.79 Å². The Bertz CT molecular complexity index is 349. The van der Waals surface area contributed by atoms with Crippen LogP contribution in [0.25, 0.3) is 0 Å². The quantitative estimate of drug-likeness (QED) is 0.833. The van der Waals surface area contributed by atoms with E-state index in [0.29, 0.717) is 6.42 Å². The average molecular weight is 236 g/mol. The molecule has 5 heteroatoms. The first-order valence-electron chi connectivity index (χ1n) is 6.25. The number of aryl methyl sites for hydroxylation is 1. The van der Waals surface area contributed by atoms with Crippen molar-refractivity contribution in [1.29, 1.82) is 0 Å². The first-order valence-corrected chi connectivity index (χ1v) is 6.25. The molecule has 0 radical (unpaired) electrons. The van der Waals surface area contributed by atoms with Crippen molar-refractivity contribution in [1.82, 2.24) is 14.5 Å². The van der Waals surface area contributed by atoms with E-state index in [1.807, 2.05) is 15.7 Å². The molecule has 0 aliphatic carbocycles. The highest BCUT2D eigenvalue weighted by Crippen LogP contribution is 2.10. The van der Waals surface area contributed by atoms with Crippen LogP contribution in [-0.2, 0) is 11.3 Å². The van der Waals surface area contributed by atoms with Gasteiger partial charge >= 0.3 is 0 Å². The molecule has 0 saturated carbocycles. The minimum Gasteiger partial charge on any atom is -0.341 e. The summed E-state index contributed by atoms with van der Waals surface area (Å²) in [6, 6.07) is 0.168. The average Bonchev–Trinajstić information content (AvgIpc) is 2.82. The zero-order chi connectivity index (χ0) is 12.1. The third-order valence-corrected chi connectivity index (χ3v) is 3.18. The molecule has 2 heterocycles. The van der Waals surface area contributed by atoms with E-state index in [1.165, 1.54) is 0 Å². The first-order chi connectivity index (χ1) is 8.25. The number of hydrogen-bond acceptors (Lipinski definition) is 3. The molecular formula is C12H20N4O. The number of piperidine rings is 1. The summed E-state index contributed by atoms with van der Waals surface area (Å²) in [5, 5.41) is 0. The molecule has 2 rings (SSSR count). The number of nitrogens with two attached hydrogens (primary N) is 1. The Kier molecular flexibility index (Phi) is 4.14. The minimum absolute atomic E-state index is 0.168. The third-order valence-electron chi connectivity index (χ3n) is 3.18. The molecular weight excluding hydrogens is 216 g/mol. The summed E-state index contributed by atoms with van der Waals surface area (Å²) in [5.74, 6) is 0.236. The van der Waals surface area contributed by atoms with E-state index in [1.54, 1.807) is 12.5 Å². The van der Waals surface area contributed by atoms with Gasteiger partial charge in [0, 0.05) is 44.5 Å². The van der Waals surface area contributed by atoms with Gasteiger partial charge < -0.3 is 15.2 Å². The van der Waals surface area contributed by atoms with Crippen molar-refractivity contribution in [3.8, 4) is 0 Å². The highest BCUT2D eigenvalue weighted by atomic mass is 16.2. The fraction of sp³-hybridized carbons (Fsp3) is 0.667. The molecule has 1 aliphatic rings. The van der Waals surface area contributed by atoms with Crippen molar-refractivity contribution in [2.45, 2.75) is 38.3 Å². The molecule has 0 bridgehead atoms. The lowest BCUT2D eigenvalue weighted by molar-refractivity contribution is -0.132. The number of likely N-dealkylation sites (tertiary alicyclic amines) is 1. The van der Waals surface area contributed by atoms with E-state index in [4.69, 9.17) is 5.73 Å². The van der Waals surface area contributed by atoms with E-state index in [2.05, 4.69) is 4.98 Å². The Hall–Kier alpha value is -1.36. The van der Waals surface area contributed by atoms with Crippen LogP contribution in [0.15, 0.2) is 18.7 Å². The second kappa shape index (κ2) is 5.82. The van der Waals surface area contributed by atoms with Gasteiger partial charge in [-0.3, -0.25) is 4.79 Å². The van der Waals surface area contributed by atoms with Gasteiger partial charge in [0.25, 0.3) is 0 Å². The number of rotatable bonds is 4. The van der Waals surface area contributed by atoms with E-state index < -0.39 is 0 Å². The maximum Gasteiger partial charge on any atom is 0.222 e. The van der Waals surface area contributed by atoms with Gasteiger partial charge in [-0.2, -0.15) is 0 Å². The lowest BCUT2D eigenvalue weighted by Gasteiger charge is -2.30. The molecule has 1 aliphatic heterocycles. The molecule has 1 saturated heterocycles. The predicted octanol–water partition coefficient (Wildman–Crippen LogP) is 0.613. The first kappa shape index (κ1) is 12.1. The zero-order valence-corrected chi connectivity index (χ0v) is 10.1. The van der Waals surface area contributed by atoms with E-state index in [0.717, 1.165) is 38.9 Å². The fourth-order valence-corrected chi connectivity index (χ4v) is 2.23. The fourth-order valence-electron chi connectivity index (χ4n) is 2.23. The number of nitrogens with zero attached hydrogens (tertiary/aromatic N) is 3. The minimum atomic E-state index is 0.168. The Morgan fingerprint density at radius 3 is 3.12 bits per heavy atom. The van der Waals surface area contributed by atoms with Gasteiger partial charge in [-0.1, -0.05) is 0 Å². The van der Waals surface area contributed by atoms with E-state index >= 15 is 0 Å². The molecule has 0 spiro atoms. The number of carbonyl (C=O) groups excluding carboxylic acids is 1. The van der Waals surface area contributed by atoms with Crippen LogP contribution < -0.4 is 5.73 Å². The second-order valence-corrected chi connectivity index (χ2v) is 4.65. The molecule has 17 heavy (non-hydrogen) atoms. The molecule has 2 N–H and O–H groups in total. The summed E-state index contributed by atoms with van der Waals surface area (Å²) in [6.07, 6.45) is 8.99. The van der Waals surface area contributed by atoms with Gasteiger partial charge in [0.05, 0.1) is 6.33 Å². The SMILES string of the molecule is NC1CCCN(C(=O)CCCn2ccnc2)C1. The topological polar surface area (TPSA) is 64.2 Å². The van der Waals surface area contributed by atoms with Gasteiger partial charge in [0.1, 0.15) is 0 Å². The standard InChI is InChI=1S/C12H20N4O/c13-11-3-1-7-16(9-11)12(17)4-2-6-15-8-5-14-10-15/h5,8,10-11H,1-4,6-7,9,13H2. The van der Waals surface area contributed by atoms with Crippen LogP contribution in [0.4, 0.5) is 0 Å². The predicted molar refractivity (Wildman–Crippen MR) is 65.3 cm³/mol. The van der Waals surface area contributed by atoms with Crippen LogP contribution >= 0.6 is 0 Å². The molecule has 1 atom stereocenters. The molecule has 1 aromatic heterocycles. The Balaban J connectivity index is 1.70. The lowest BCUT2D eigenvalue weighted by atomic mass is 10.1. The van der Waals surface area contributed by atoms with Crippen molar-refractivity contribution in [2.75, 3.05) is 13.1 Å². The van der Waals surface area contributed by atoms with Crippen LogP contribution in [-0.4, -0.2) is 39.5 Å². The largest absolute Gasteiger partial charge is 0.341 e. The summed E-state index contributed by atoms with van der Waals surface area (Å²) in [4.78, 5) is 17.8. The summed E-state index contributed by atoms with van der Waals surface area (Å²) >= 11 is 0. The summed E-state index contributed by atoms with van der Waals surface area (Å²) < 4.78 is 2.00. The number of carbonyl (C=O) groups is 1. The Morgan fingerprint density at radius 2 is 2.41 bits per heavy atom. The van der Waals surface area contributed by atoms with Crippen molar-refractivity contribution in [3.05, 3.63) is 18.7 Å². The van der Waals surface area contributed by atoms with Gasteiger partial charge in [0.15, 0.2) is 0 Å². The van der Waals surface area contributed by atoms with Crippen molar-refractivity contribution in [2.24, 2.45) is 5.73 Å². The Labute approximate surface area is 102 Å². The number of hydrogen-bond donors (Lipinski definition) is 1. The van der Waals surface area contributed by atoms with Gasteiger partial charge in [-0.05, 0) is 19.3 Å². The van der Waals surface area contributed by atoms with Crippen LogP contribution in [0.1, 0.15) is 25.7 Å². The molecule has 1 aromatic rings. The summed E-state index contributed by atoms with van der Waals surface area (Å²) in [7, 11) is 0. The second-order valence-electron chi connectivity index (χ2n) is 4.65. The molecule has 0 aromatic carbocycles. The normalized spacial score (nSPS) is 20.5. The van der Waals surface area contributed by atoms with Crippen LogP contribution in [0.5, 0.6) is 0 Å². The van der Waals surface area contributed by atoms with Crippen LogP contribution in [0.3, 0.4) is 0 Å². The highest BCUT2D eigenvalue weighted by molar-refractivity contribution is 5.76. The third kappa shape index (κ3) is 3.56. The van der Waals surface area contributed by atoms with Gasteiger partial charge in [-0.25, -0.2) is 4.98 Å². The molecule has 5 nitrogen and oxygen atoms in total. The molecule has 1 amide bonds. The van der Waals surface area contributed by atoms with Crippen molar-refractivity contribution in [3.63, 3.8) is 0 Å². The van der Waals surface area contributed by atoms with Crippen LogP contribution in [0, 0.1) is 0 Å². The zero-order valence-electron chi connectivity index (χ0n) is 10.1. The summed E-state index contributed by atoms with van der Waals surface area (Å²) in [5.41, 5.74) is 5.86. The smallest absolute Gasteiger partial charge is 0.222 e. The number of aromatic nitrogens is 2. The monoisotopic (exact) mass is 236 g/mol. The number of amides is 1. The number of imidazole rings is 1. The van der Waals surface area contributed by atoms with Crippen molar-refractivity contribution < 1.29 is 4.79 Å². The maximum absolute atomic E-state index is 11.9. The lowest BCUT2D eigenvalue weighted by Crippen LogP contribution is -2.45. The maximum atomic E-state index is 11.9. The van der Waals surface area contributed by atoms with E-state index in [-0.39, 0.29) is 11.9 Å². The highest BCUT2D eigenvalue weighted by Gasteiger charge is 2.20. The summed E-state index contributed by atoms with van der Waals surface area (Å²) in [6.45, 7) is 2.45. The van der Waals surface area contributed by atoms with Gasteiger partial charge in [0.2, 0.25) is 5.91 Å². The van der Waals surface area contributed by atoms with Crippen molar-refractivity contribution >= 4 is 5.91 Å². The molecule has 1 unspecified atom stereocenters. The molecule has 1 fully saturated rings. The van der Waals surface area contributed by atoms with Crippen LogP contribution in [0.2, 0.25) is 0 Å². The molecule has 94 valence electrons. The Morgan fingerprint density at radius 1 is 1.53 bits per heavy atom. The van der Waals surface area contributed by atoms with Gasteiger partial charge in [-0.15, -0.1) is 0 Å².